The fourth-order valence-electron chi connectivity index (χ4n) is 2.54. The molecule has 0 atom stereocenters. The summed E-state index contributed by atoms with van der Waals surface area (Å²) in [5, 5.41) is 7.55. The van der Waals surface area contributed by atoms with Crippen LogP contribution in [0.4, 0.5) is 23.7 Å². The van der Waals surface area contributed by atoms with E-state index in [4.69, 9.17) is 4.74 Å². The number of carbonyl (C=O) groups excluding carboxylic acids is 2. The zero-order valence-corrected chi connectivity index (χ0v) is 13.5. The number of carbonyl (C=O) groups is 2. The molecule has 1 saturated carbocycles. The molecule has 3 amide bonds. The maximum Gasteiger partial charge on any atom is 0.422 e. The first kappa shape index (κ1) is 18.9. The second-order valence-electron chi connectivity index (χ2n) is 5.76. The maximum absolute atomic E-state index is 12.2. The number of hydrogen-bond acceptors (Lipinski definition) is 4. The van der Waals surface area contributed by atoms with Crippen LogP contribution in [-0.2, 0) is 4.79 Å². The Hall–Kier alpha value is -2.45. The molecule has 6 nitrogen and oxygen atoms in total. The molecule has 1 aromatic rings. The van der Waals surface area contributed by atoms with Crippen LogP contribution in [0, 0.1) is 0 Å². The summed E-state index contributed by atoms with van der Waals surface area (Å²) in [6, 6.07) is 5.47. The Labute approximate surface area is 143 Å². The summed E-state index contributed by atoms with van der Waals surface area (Å²) in [5.74, 6) is -0.621. The van der Waals surface area contributed by atoms with Gasteiger partial charge in [-0.1, -0.05) is 25.0 Å². The molecule has 3 N–H and O–H groups in total. The zero-order chi connectivity index (χ0) is 18.3. The van der Waals surface area contributed by atoms with Gasteiger partial charge in [0.1, 0.15) is 5.75 Å². The normalized spacial score (nSPS) is 14.8. The molecule has 0 radical (unpaired) electrons. The monoisotopic (exact) mass is 359 g/mol. The van der Waals surface area contributed by atoms with Gasteiger partial charge < -0.3 is 15.4 Å². The first-order valence-corrected chi connectivity index (χ1v) is 7.96. The fourth-order valence-corrected chi connectivity index (χ4v) is 2.54. The molecule has 0 saturated heterocycles. The molecule has 2 rings (SSSR count). The van der Waals surface area contributed by atoms with E-state index in [2.05, 4.69) is 16.0 Å². The molecule has 0 bridgehead atoms. The number of alkyl halides is 3. The van der Waals surface area contributed by atoms with Gasteiger partial charge in [0, 0.05) is 6.04 Å². The standard InChI is InChI=1S/C16H20F3N3O3/c17-16(18,19)10-25-13-8-4-3-7-12(13)20-9-14(23)22-15(24)21-11-5-1-2-6-11/h3-4,7-8,11,20H,1-2,5-6,9-10H2,(H2,21,22,23,24). The third kappa shape index (κ3) is 6.90. The molecule has 25 heavy (non-hydrogen) atoms. The number of urea groups is 1. The van der Waals surface area contributed by atoms with Gasteiger partial charge >= 0.3 is 12.2 Å². The minimum atomic E-state index is -4.46. The molecule has 1 aromatic carbocycles. The van der Waals surface area contributed by atoms with Crippen molar-refractivity contribution in [3.63, 3.8) is 0 Å². The van der Waals surface area contributed by atoms with Gasteiger partial charge in [-0.2, -0.15) is 13.2 Å². The number of ether oxygens (including phenoxy) is 1. The molecule has 0 spiro atoms. The number of anilines is 1. The van der Waals surface area contributed by atoms with Crippen molar-refractivity contribution in [1.29, 1.82) is 0 Å². The Bertz CT molecular complexity index is 602. The van der Waals surface area contributed by atoms with Gasteiger partial charge in [0.2, 0.25) is 5.91 Å². The van der Waals surface area contributed by atoms with Gasteiger partial charge in [-0.3, -0.25) is 10.1 Å². The molecule has 138 valence electrons. The average Bonchev–Trinajstić information content (AvgIpc) is 3.03. The predicted octanol–water partition coefficient (Wildman–Crippen LogP) is 2.81. The predicted molar refractivity (Wildman–Crippen MR) is 85.4 cm³/mol. The molecule has 1 aliphatic carbocycles. The van der Waals surface area contributed by atoms with Crippen LogP contribution in [0.15, 0.2) is 24.3 Å². The molecule has 1 aliphatic rings. The van der Waals surface area contributed by atoms with Gasteiger partial charge in [-0.05, 0) is 25.0 Å². The van der Waals surface area contributed by atoms with Crippen molar-refractivity contribution >= 4 is 17.6 Å². The van der Waals surface area contributed by atoms with E-state index in [9.17, 15) is 22.8 Å². The van der Waals surface area contributed by atoms with Crippen molar-refractivity contribution in [2.45, 2.75) is 37.9 Å². The van der Waals surface area contributed by atoms with E-state index in [0.29, 0.717) is 0 Å². The van der Waals surface area contributed by atoms with Crippen LogP contribution in [0.25, 0.3) is 0 Å². The van der Waals surface area contributed by atoms with Crippen molar-refractivity contribution in [3.8, 4) is 5.75 Å². The number of amides is 3. The topological polar surface area (TPSA) is 79.5 Å². The molecule has 0 unspecified atom stereocenters. The third-order valence-electron chi connectivity index (χ3n) is 3.66. The van der Waals surface area contributed by atoms with Crippen molar-refractivity contribution in [2.24, 2.45) is 0 Å². The lowest BCUT2D eigenvalue weighted by Gasteiger charge is -2.15. The molecular formula is C16H20F3N3O3. The van der Waals surface area contributed by atoms with Crippen molar-refractivity contribution in [3.05, 3.63) is 24.3 Å². The Morgan fingerprint density at radius 1 is 1.16 bits per heavy atom. The largest absolute Gasteiger partial charge is 0.482 e. The van der Waals surface area contributed by atoms with Crippen LogP contribution in [0.3, 0.4) is 0 Å². The van der Waals surface area contributed by atoms with E-state index in [1.165, 1.54) is 18.2 Å². The van der Waals surface area contributed by atoms with E-state index < -0.39 is 24.7 Å². The highest BCUT2D eigenvalue weighted by Gasteiger charge is 2.28. The lowest BCUT2D eigenvalue weighted by molar-refractivity contribution is -0.153. The van der Waals surface area contributed by atoms with E-state index in [1.54, 1.807) is 6.07 Å². The molecule has 0 aliphatic heterocycles. The summed E-state index contributed by atoms with van der Waals surface area (Å²) in [7, 11) is 0. The van der Waals surface area contributed by atoms with E-state index in [-0.39, 0.29) is 24.0 Å². The smallest absolute Gasteiger partial charge is 0.422 e. The Morgan fingerprint density at radius 3 is 2.52 bits per heavy atom. The molecule has 0 heterocycles. The number of halogens is 3. The van der Waals surface area contributed by atoms with E-state index >= 15 is 0 Å². The molecule has 0 aromatic heterocycles. The quantitative estimate of drug-likeness (QED) is 0.730. The second-order valence-corrected chi connectivity index (χ2v) is 5.76. The maximum atomic E-state index is 12.2. The first-order valence-electron chi connectivity index (χ1n) is 7.96. The van der Waals surface area contributed by atoms with Crippen molar-refractivity contribution in [1.82, 2.24) is 10.6 Å². The molecule has 1 fully saturated rings. The van der Waals surface area contributed by atoms with Crippen LogP contribution < -0.4 is 20.7 Å². The minimum Gasteiger partial charge on any atom is -0.482 e. The minimum absolute atomic E-state index is 0.0250. The van der Waals surface area contributed by atoms with Crippen molar-refractivity contribution in [2.75, 3.05) is 18.5 Å². The highest BCUT2D eigenvalue weighted by molar-refractivity contribution is 5.96. The number of rotatable bonds is 6. The SMILES string of the molecule is O=C(CNc1ccccc1OCC(F)(F)F)NC(=O)NC1CCCC1. The zero-order valence-electron chi connectivity index (χ0n) is 13.5. The number of hydrogen-bond donors (Lipinski definition) is 3. The molecule has 9 heteroatoms. The number of para-hydroxylation sites is 2. The number of imide groups is 1. The van der Waals surface area contributed by atoms with Gasteiger partial charge in [0.05, 0.1) is 12.2 Å². The third-order valence-corrected chi connectivity index (χ3v) is 3.66. The van der Waals surface area contributed by atoms with Gasteiger partial charge in [0.15, 0.2) is 6.61 Å². The number of benzene rings is 1. The Kier molecular flexibility index (Phi) is 6.49. The van der Waals surface area contributed by atoms with Crippen LogP contribution in [-0.4, -0.2) is 37.3 Å². The van der Waals surface area contributed by atoms with Crippen LogP contribution >= 0.6 is 0 Å². The van der Waals surface area contributed by atoms with Gasteiger partial charge in [-0.25, -0.2) is 4.79 Å². The Morgan fingerprint density at radius 2 is 1.84 bits per heavy atom. The van der Waals surface area contributed by atoms with Gasteiger partial charge in [-0.15, -0.1) is 0 Å². The summed E-state index contributed by atoms with van der Waals surface area (Å²) in [4.78, 5) is 23.5. The average molecular weight is 359 g/mol. The number of nitrogens with one attached hydrogen (secondary N) is 3. The second kappa shape index (κ2) is 8.59. The highest BCUT2D eigenvalue weighted by Crippen LogP contribution is 2.26. The highest BCUT2D eigenvalue weighted by atomic mass is 19.4. The lowest BCUT2D eigenvalue weighted by atomic mass is 10.2. The Balaban J connectivity index is 1.79. The van der Waals surface area contributed by atoms with Crippen LogP contribution in [0.5, 0.6) is 5.75 Å². The van der Waals surface area contributed by atoms with Crippen molar-refractivity contribution < 1.29 is 27.5 Å². The fraction of sp³-hybridized carbons (Fsp3) is 0.500. The summed E-state index contributed by atoms with van der Waals surface area (Å²) >= 11 is 0. The lowest BCUT2D eigenvalue weighted by Crippen LogP contribution is -2.45. The van der Waals surface area contributed by atoms with E-state index in [0.717, 1.165) is 25.7 Å². The summed E-state index contributed by atoms with van der Waals surface area (Å²) in [6.07, 6.45) is -0.569. The summed E-state index contributed by atoms with van der Waals surface area (Å²) in [6.45, 7) is -1.70. The van der Waals surface area contributed by atoms with Gasteiger partial charge in [0.25, 0.3) is 0 Å². The van der Waals surface area contributed by atoms with E-state index in [1.807, 2.05) is 0 Å². The summed E-state index contributed by atoms with van der Waals surface area (Å²) in [5.41, 5.74) is 0.234. The van der Waals surface area contributed by atoms with Crippen LogP contribution in [0.1, 0.15) is 25.7 Å². The molecular weight excluding hydrogens is 339 g/mol. The first-order chi connectivity index (χ1) is 11.8. The summed E-state index contributed by atoms with van der Waals surface area (Å²) < 4.78 is 41.4. The van der Waals surface area contributed by atoms with Crippen LogP contribution in [0.2, 0.25) is 0 Å².